The molecule has 54 heavy (non-hydrogen) atoms. The second-order valence-corrected chi connectivity index (χ2v) is 17.3. The number of nitrogens with one attached hydrogen (secondary N) is 1. The molecule has 1 saturated heterocycles. The lowest BCUT2D eigenvalue weighted by atomic mass is 9.81. The molecule has 1 N–H and O–H groups in total. The number of likely N-dealkylation sites (tertiary alicyclic amines) is 1. The maximum Gasteiger partial charge on any atom is 0.303 e. The van der Waals surface area contributed by atoms with E-state index in [1.54, 1.807) is 25.3 Å². The van der Waals surface area contributed by atoms with Gasteiger partial charge in [-0.1, -0.05) is 30.5 Å². The predicted octanol–water partition coefficient (Wildman–Crippen LogP) is 7.37. The maximum atomic E-state index is 14.6. The Bertz CT molecular complexity index is 2330. The number of aromatic nitrogens is 2. The molecule has 2 aliphatic carbocycles. The minimum absolute atomic E-state index is 0.102. The molecule has 3 fully saturated rings. The zero-order valence-corrected chi connectivity index (χ0v) is 31.8. The fourth-order valence-electron chi connectivity index (χ4n) is 8.62. The first kappa shape index (κ1) is 36.2. The predicted molar refractivity (Wildman–Crippen MR) is 204 cm³/mol. The van der Waals surface area contributed by atoms with E-state index in [-0.39, 0.29) is 23.2 Å². The van der Waals surface area contributed by atoms with Gasteiger partial charge in [0, 0.05) is 67.6 Å². The highest BCUT2D eigenvalue weighted by Crippen LogP contribution is 2.53. The average Bonchev–Trinajstić information content (AvgIpc) is 3.74. The van der Waals surface area contributed by atoms with Gasteiger partial charge in [0.15, 0.2) is 5.58 Å². The normalized spacial score (nSPS) is 18.1. The first-order valence-corrected chi connectivity index (χ1v) is 20.3. The molecule has 284 valence electrons. The third-order valence-electron chi connectivity index (χ3n) is 11.8. The Morgan fingerprint density at radius 3 is 2.31 bits per heavy atom. The number of halogens is 1. The van der Waals surface area contributed by atoms with Gasteiger partial charge in [0.25, 0.3) is 5.91 Å². The van der Waals surface area contributed by atoms with Gasteiger partial charge >= 0.3 is 10.2 Å². The molecule has 0 bridgehead atoms. The van der Waals surface area contributed by atoms with E-state index in [2.05, 4.69) is 26.6 Å². The first-order valence-electron chi connectivity index (χ1n) is 18.9. The molecular weight excluding hydrogens is 710 g/mol. The van der Waals surface area contributed by atoms with Gasteiger partial charge in [0.05, 0.1) is 23.9 Å². The Hall–Kier alpha value is -4.75. The van der Waals surface area contributed by atoms with Crippen LogP contribution in [-0.2, 0) is 21.5 Å². The number of carbonyl (C=O) groups is 2. The number of fused-ring (bicyclic) bond motifs is 2. The molecule has 11 nitrogen and oxygen atoms in total. The van der Waals surface area contributed by atoms with Crippen LogP contribution in [-0.4, -0.2) is 73.5 Å². The summed E-state index contributed by atoms with van der Waals surface area (Å²) in [4.78, 5) is 30.0. The van der Waals surface area contributed by atoms with Gasteiger partial charge in [0.2, 0.25) is 5.91 Å². The number of amides is 2. The summed E-state index contributed by atoms with van der Waals surface area (Å²) >= 11 is 0. The summed E-state index contributed by atoms with van der Waals surface area (Å²) in [6, 6.07) is 17.9. The molecule has 0 spiro atoms. The fourth-order valence-corrected chi connectivity index (χ4v) is 9.16. The standard InChI is InChI=1S/C41H46FN5O6S/c1-45(2)54(50,51)44-39(48)29-11-15-32-34(23-29)47(38(28-9-13-31(52-3)14-10-28)36(32)26-7-5-4-6-8-26)25-41(19-20-41)40(49)46-21-17-27(18-22-46)37-33-16-12-30(42)24-35(33)53-43-37/h9-16,23-24,26-27H,4-8,17-22,25H2,1-3H3,(H,44,48). The van der Waals surface area contributed by atoms with Gasteiger partial charge in [-0.05, 0) is 104 Å². The highest BCUT2D eigenvalue weighted by Gasteiger charge is 2.53. The summed E-state index contributed by atoms with van der Waals surface area (Å²) in [5, 5.41) is 6.12. The largest absolute Gasteiger partial charge is 0.497 e. The van der Waals surface area contributed by atoms with Gasteiger partial charge in [-0.25, -0.2) is 9.11 Å². The molecular formula is C41H46FN5O6S. The molecule has 13 heteroatoms. The number of nitrogens with zero attached hydrogens (tertiary/aromatic N) is 4. The number of methoxy groups -OCH3 is 1. The van der Waals surface area contributed by atoms with Crippen molar-refractivity contribution in [2.45, 2.75) is 76.2 Å². The monoisotopic (exact) mass is 755 g/mol. The topological polar surface area (TPSA) is 127 Å². The summed E-state index contributed by atoms with van der Waals surface area (Å²) in [7, 11) is 0.370. The number of benzene rings is 3. The van der Waals surface area contributed by atoms with Crippen LogP contribution in [0.5, 0.6) is 5.75 Å². The smallest absolute Gasteiger partial charge is 0.303 e. The molecule has 0 unspecified atom stereocenters. The Morgan fingerprint density at radius 2 is 1.65 bits per heavy atom. The van der Waals surface area contributed by atoms with Gasteiger partial charge in [-0.2, -0.15) is 12.7 Å². The van der Waals surface area contributed by atoms with Crippen molar-refractivity contribution in [3.63, 3.8) is 0 Å². The van der Waals surface area contributed by atoms with Gasteiger partial charge in [-0.15, -0.1) is 0 Å². The molecule has 3 aliphatic rings. The highest BCUT2D eigenvalue weighted by molar-refractivity contribution is 7.87. The summed E-state index contributed by atoms with van der Waals surface area (Å²) in [5.74, 6) is 0.181. The number of hydrogen-bond acceptors (Lipinski definition) is 7. The van der Waals surface area contributed by atoms with Crippen LogP contribution < -0.4 is 9.46 Å². The summed E-state index contributed by atoms with van der Waals surface area (Å²) in [6.45, 7) is 1.59. The molecule has 3 heterocycles. The Labute approximate surface area is 314 Å². The van der Waals surface area contributed by atoms with Crippen molar-refractivity contribution in [1.82, 2.24) is 23.7 Å². The van der Waals surface area contributed by atoms with Gasteiger partial charge < -0.3 is 18.7 Å². The highest BCUT2D eigenvalue weighted by atomic mass is 32.2. The molecule has 0 atom stereocenters. The third-order valence-corrected chi connectivity index (χ3v) is 13.2. The number of carbonyl (C=O) groups excluding carboxylic acids is 2. The average molecular weight is 756 g/mol. The number of ether oxygens (including phenoxy) is 1. The minimum atomic E-state index is -4.01. The van der Waals surface area contributed by atoms with Crippen LogP contribution in [0.25, 0.3) is 33.1 Å². The zero-order chi connectivity index (χ0) is 37.8. The third kappa shape index (κ3) is 6.65. The molecule has 1 aliphatic heterocycles. The SMILES string of the molecule is COc1ccc(-c2c(C3CCCCC3)c3ccc(C(=O)NS(=O)(=O)N(C)C)cc3n2CC2(C(=O)N3CCC(c4noc5cc(F)ccc45)CC3)CC2)cc1. The van der Waals surface area contributed by atoms with E-state index in [0.717, 1.165) is 94.7 Å². The van der Waals surface area contributed by atoms with Crippen molar-refractivity contribution < 1.29 is 31.7 Å². The second-order valence-electron chi connectivity index (χ2n) is 15.4. The molecule has 5 aromatic rings. The van der Waals surface area contributed by atoms with E-state index >= 15 is 0 Å². The van der Waals surface area contributed by atoms with Crippen LogP contribution in [0.4, 0.5) is 4.39 Å². The van der Waals surface area contributed by atoms with E-state index in [9.17, 15) is 22.4 Å². The van der Waals surface area contributed by atoms with Crippen LogP contribution in [0.3, 0.4) is 0 Å². The van der Waals surface area contributed by atoms with E-state index in [0.29, 0.717) is 31.1 Å². The van der Waals surface area contributed by atoms with Crippen LogP contribution in [0.15, 0.2) is 65.2 Å². The van der Waals surface area contributed by atoms with E-state index in [4.69, 9.17) is 9.26 Å². The Kier molecular flexibility index (Phi) is 9.50. The summed E-state index contributed by atoms with van der Waals surface area (Å²) in [5.41, 5.74) is 4.91. The van der Waals surface area contributed by atoms with Crippen molar-refractivity contribution in [2.75, 3.05) is 34.3 Å². The van der Waals surface area contributed by atoms with Gasteiger partial charge in [-0.3, -0.25) is 9.59 Å². The van der Waals surface area contributed by atoms with Crippen molar-refractivity contribution in [1.29, 1.82) is 0 Å². The lowest BCUT2D eigenvalue weighted by molar-refractivity contribution is -0.138. The Morgan fingerprint density at radius 1 is 0.944 bits per heavy atom. The van der Waals surface area contributed by atoms with Crippen LogP contribution in [0.1, 0.15) is 91.2 Å². The Balaban J connectivity index is 1.16. The number of hydrogen-bond donors (Lipinski definition) is 1. The minimum Gasteiger partial charge on any atom is -0.497 e. The fraction of sp³-hybridized carbons (Fsp3) is 0.439. The number of piperidine rings is 1. The number of rotatable bonds is 10. The van der Waals surface area contributed by atoms with Crippen molar-refractivity contribution in [2.24, 2.45) is 5.41 Å². The van der Waals surface area contributed by atoms with E-state index in [1.807, 2.05) is 23.1 Å². The van der Waals surface area contributed by atoms with E-state index in [1.165, 1.54) is 38.2 Å². The molecule has 2 amide bonds. The quantitative estimate of drug-likeness (QED) is 0.158. The van der Waals surface area contributed by atoms with Crippen LogP contribution in [0.2, 0.25) is 0 Å². The van der Waals surface area contributed by atoms with Gasteiger partial charge in [0.1, 0.15) is 11.6 Å². The lowest BCUT2D eigenvalue weighted by Crippen LogP contribution is -2.43. The first-order chi connectivity index (χ1) is 26.0. The lowest BCUT2D eigenvalue weighted by Gasteiger charge is -2.34. The van der Waals surface area contributed by atoms with Crippen LogP contribution >= 0.6 is 0 Å². The second kappa shape index (κ2) is 14.2. The summed E-state index contributed by atoms with van der Waals surface area (Å²) < 4.78 is 55.4. The van der Waals surface area contributed by atoms with E-state index < -0.39 is 21.5 Å². The van der Waals surface area contributed by atoms with Crippen molar-refractivity contribution in [3.8, 4) is 17.0 Å². The maximum absolute atomic E-state index is 14.6. The molecule has 0 radical (unpaired) electrons. The molecule has 8 rings (SSSR count). The molecule has 2 aromatic heterocycles. The molecule has 3 aromatic carbocycles. The van der Waals surface area contributed by atoms with Crippen molar-refractivity contribution in [3.05, 3.63) is 83.3 Å². The zero-order valence-electron chi connectivity index (χ0n) is 30.9. The van der Waals surface area contributed by atoms with Crippen LogP contribution in [0, 0.1) is 11.2 Å². The molecule has 2 saturated carbocycles. The summed E-state index contributed by atoms with van der Waals surface area (Å²) in [6.07, 6.45) is 8.47. The van der Waals surface area contributed by atoms with Crippen molar-refractivity contribution >= 4 is 43.9 Å².